The SMILES string of the molecule is Cc1c(Br)cc2c(c1C1(N=C=O)CC1)OCCO2. The molecule has 1 aliphatic carbocycles. The molecule has 0 spiro atoms. The topological polar surface area (TPSA) is 47.9 Å². The Balaban J connectivity index is 2.24. The summed E-state index contributed by atoms with van der Waals surface area (Å²) in [6, 6.07) is 1.91. The number of fused-ring (bicyclic) bond motifs is 1. The van der Waals surface area contributed by atoms with Gasteiger partial charge in [-0.1, -0.05) is 15.9 Å². The molecular formula is C13H12BrNO3. The van der Waals surface area contributed by atoms with Crippen molar-refractivity contribution in [2.75, 3.05) is 13.2 Å². The third-order valence-electron chi connectivity index (χ3n) is 3.48. The lowest BCUT2D eigenvalue weighted by Gasteiger charge is -2.25. The molecule has 0 amide bonds. The first-order valence-electron chi connectivity index (χ1n) is 5.86. The van der Waals surface area contributed by atoms with Gasteiger partial charge < -0.3 is 9.47 Å². The second-order valence-electron chi connectivity index (χ2n) is 4.62. The number of ether oxygens (including phenoxy) is 2. The monoisotopic (exact) mass is 309 g/mol. The van der Waals surface area contributed by atoms with Crippen LogP contribution in [0.1, 0.15) is 24.0 Å². The predicted octanol–water partition coefficient (Wildman–Crippen LogP) is 2.85. The lowest BCUT2D eigenvalue weighted by atomic mass is 9.97. The summed E-state index contributed by atoms with van der Waals surface area (Å²) >= 11 is 3.52. The molecule has 0 radical (unpaired) electrons. The summed E-state index contributed by atoms with van der Waals surface area (Å²) < 4.78 is 12.3. The molecule has 1 aromatic carbocycles. The number of hydrogen-bond acceptors (Lipinski definition) is 4. The van der Waals surface area contributed by atoms with Crippen molar-refractivity contribution in [2.24, 2.45) is 4.99 Å². The van der Waals surface area contributed by atoms with Crippen LogP contribution in [0.25, 0.3) is 0 Å². The molecule has 94 valence electrons. The summed E-state index contributed by atoms with van der Waals surface area (Å²) in [7, 11) is 0. The highest BCUT2D eigenvalue weighted by Crippen LogP contribution is 2.56. The second kappa shape index (κ2) is 4.11. The molecule has 1 aromatic rings. The van der Waals surface area contributed by atoms with Gasteiger partial charge in [0.05, 0.1) is 0 Å². The summed E-state index contributed by atoms with van der Waals surface area (Å²) in [5.41, 5.74) is 1.58. The number of aliphatic imine (C=N–C) groups is 1. The summed E-state index contributed by atoms with van der Waals surface area (Å²) in [5, 5.41) is 0. The molecule has 3 rings (SSSR count). The number of rotatable bonds is 2. The fourth-order valence-electron chi connectivity index (χ4n) is 2.43. The van der Waals surface area contributed by atoms with Crippen molar-refractivity contribution in [3.8, 4) is 11.5 Å². The fraction of sp³-hybridized carbons (Fsp3) is 0.462. The number of halogens is 1. The average Bonchev–Trinajstić information content (AvgIpc) is 3.12. The van der Waals surface area contributed by atoms with Crippen LogP contribution in [0.15, 0.2) is 15.5 Å². The highest BCUT2D eigenvalue weighted by Gasteiger charge is 2.49. The van der Waals surface area contributed by atoms with Crippen LogP contribution in [-0.4, -0.2) is 19.3 Å². The molecule has 4 nitrogen and oxygen atoms in total. The van der Waals surface area contributed by atoms with Gasteiger partial charge in [0.25, 0.3) is 0 Å². The van der Waals surface area contributed by atoms with Crippen LogP contribution in [0.3, 0.4) is 0 Å². The minimum Gasteiger partial charge on any atom is -0.486 e. The zero-order valence-electron chi connectivity index (χ0n) is 9.96. The Labute approximate surface area is 113 Å². The minimum atomic E-state index is -0.444. The number of carbonyl (C=O) groups excluding carboxylic acids is 1. The van der Waals surface area contributed by atoms with Gasteiger partial charge >= 0.3 is 0 Å². The maximum Gasteiger partial charge on any atom is 0.235 e. The van der Waals surface area contributed by atoms with E-state index in [4.69, 9.17) is 9.47 Å². The molecule has 0 saturated heterocycles. The van der Waals surface area contributed by atoms with Crippen LogP contribution in [0.2, 0.25) is 0 Å². The Bertz CT molecular complexity index is 560. The molecule has 1 saturated carbocycles. The molecule has 1 aliphatic heterocycles. The Morgan fingerprint density at radius 1 is 1.39 bits per heavy atom. The summed E-state index contributed by atoms with van der Waals surface area (Å²) in [4.78, 5) is 14.6. The van der Waals surface area contributed by atoms with Crippen molar-refractivity contribution >= 4 is 22.0 Å². The normalized spacial score (nSPS) is 19.0. The third-order valence-corrected chi connectivity index (χ3v) is 4.30. The summed E-state index contributed by atoms with van der Waals surface area (Å²) in [6.45, 7) is 3.08. The Kier molecular flexibility index (Phi) is 2.68. The van der Waals surface area contributed by atoms with Crippen molar-refractivity contribution in [3.63, 3.8) is 0 Å². The van der Waals surface area contributed by atoms with Crippen LogP contribution >= 0.6 is 15.9 Å². The van der Waals surface area contributed by atoms with E-state index >= 15 is 0 Å². The largest absolute Gasteiger partial charge is 0.486 e. The van der Waals surface area contributed by atoms with Gasteiger partial charge in [-0.25, -0.2) is 4.79 Å². The van der Waals surface area contributed by atoms with Crippen LogP contribution in [0.5, 0.6) is 11.5 Å². The maximum atomic E-state index is 10.6. The van der Waals surface area contributed by atoms with E-state index in [1.54, 1.807) is 6.08 Å². The second-order valence-corrected chi connectivity index (χ2v) is 5.47. The third kappa shape index (κ3) is 1.66. The molecular weight excluding hydrogens is 298 g/mol. The van der Waals surface area contributed by atoms with Crippen LogP contribution in [-0.2, 0) is 10.3 Å². The van der Waals surface area contributed by atoms with Crippen molar-refractivity contribution in [1.82, 2.24) is 0 Å². The van der Waals surface area contributed by atoms with Gasteiger partial charge in [0, 0.05) is 10.0 Å². The van der Waals surface area contributed by atoms with E-state index in [1.165, 1.54) is 0 Å². The molecule has 1 fully saturated rings. The van der Waals surface area contributed by atoms with Gasteiger partial charge in [0.15, 0.2) is 11.5 Å². The number of nitrogens with zero attached hydrogens (tertiary/aromatic N) is 1. The van der Waals surface area contributed by atoms with Gasteiger partial charge in [0.2, 0.25) is 6.08 Å². The zero-order chi connectivity index (χ0) is 12.8. The summed E-state index contributed by atoms with van der Waals surface area (Å²) in [5.74, 6) is 1.46. The van der Waals surface area contributed by atoms with Gasteiger partial charge in [-0.2, -0.15) is 4.99 Å². The molecule has 18 heavy (non-hydrogen) atoms. The quantitative estimate of drug-likeness (QED) is 0.623. The van der Waals surface area contributed by atoms with Crippen molar-refractivity contribution in [3.05, 3.63) is 21.7 Å². The van der Waals surface area contributed by atoms with Crippen LogP contribution in [0, 0.1) is 6.92 Å². The van der Waals surface area contributed by atoms with E-state index in [2.05, 4.69) is 20.9 Å². The Morgan fingerprint density at radius 2 is 2.11 bits per heavy atom. The highest BCUT2D eigenvalue weighted by atomic mass is 79.9. The van der Waals surface area contributed by atoms with E-state index in [1.807, 2.05) is 13.0 Å². The van der Waals surface area contributed by atoms with E-state index in [0.29, 0.717) is 13.2 Å². The van der Waals surface area contributed by atoms with E-state index in [0.717, 1.165) is 39.9 Å². The van der Waals surface area contributed by atoms with E-state index < -0.39 is 5.54 Å². The van der Waals surface area contributed by atoms with E-state index in [9.17, 15) is 4.79 Å². The van der Waals surface area contributed by atoms with Gasteiger partial charge in [-0.15, -0.1) is 0 Å². The first-order valence-corrected chi connectivity index (χ1v) is 6.65. The highest BCUT2D eigenvalue weighted by molar-refractivity contribution is 9.10. The van der Waals surface area contributed by atoms with Crippen LogP contribution < -0.4 is 9.47 Å². The average molecular weight is 310 g/mol. The van der Waals surface area contributed by atoms with Crippen molar-refractivity contribution in [1.29, 1.82) is 0 Å². The molecule has 2 aliphatic rings. The number of benzene rings is 1. The Morgan fingerprint density at radius 3 is 2.78 bits per heavy atom. The van der Waals surface area contributed by atoms with Gasteiger partial charge in [-0.3, -0.25) is 0 Å². The summed E-state index contributed by atoms with van der Waals surface area (Å²) in [6.07, 6.45) is 3.40. The molecule has 0 atom stereocenters. The number of hydrogen-bond donors (Lipinski definition) is 0. The number of isocyanates is 1. The van der Waals surface area contributed by atoms with E-state index in [-0.39, 0.29) is 0 Å². The fourth-order valence-corrected chi connectivity index (χ4v) is 2.84. The first-order chi connectivity index (χ1) is 8.68. The molecule has 0 unspecified atom stereocenters. The van der Waals surface area contributed by atoms with Gasteiger partial charge in [0.1, 0.15) is 18.8 Å². The van der Waals surface area contributed by atoms with Gasteiger partial charge in [-0.05, 0) is 31.4 Å². The van der Waals surface area contributed by atoms with Crippen LogP contribution in [0.4, 0.5) is 0 Å². The Hall–Kier alpha value is -1.32. The van der Waals surface area contributed by atoms with Crippen molar-refractivity contribution in [2.45, 2.75) is 25.3 Å². The molecule has 5 heteroatoms. The predicted molar refractivity (Wildman–Crippen MR) is 68.9 cm³/mol. The van der Waals surface area contributed by atoms with Crippen molar-refractivity contribution < 1.29 is 14.3 Å². The maximum absolute atomic E-state index is 10.6. The molecule has 0 bridgehead atoms. The molecule has 0 aromatic heterocycles. The standard InChI is InChI=1S/C13H12BrNO3/c1-8-9(14)6-10-12(18-5-4-17-10)11(8)13(2-3-13)15-7-16/h6H,2-5H2,1H3. The lowest BCUT2D eigenvalue weighted by molar-refractivity contribution is 0.168. The zero-order valence-corrected chi connectivity index (χ0v) is 11.5. The minimum absolute atomic E-state index is 0.444. The first kappa shape index (κ1) is 11.8. The lowest BCUT2D eigenvalue weighted by Crippen LogP contribution is -2.19. The molecule has 0 N–H and O–H groups in total. The smallest absolute Gasteiger partial charge is 0.235 e. The molecule has 1 heterocycles.